The number of hydrogen-bond acceptors (Lipinski definition) is 4. The van der Waals surface area contributed by atoms with Crippen molar-refractivity contribution in [1.82, 2.24) is 9.38 Å². The molecule has 2 heterocycles. The van der Waals surface area contributed by atoms with Crippen molar-refractivity contribution in [2.45, 2.75) is 0 Å². The summed E-state index contributed by atoms with van der Waals surface area (Å²) in [5, 5.41) is 20.4. The molecule has 0 aliphatic carbocycles. The topological polar surface area (TPSA) is 80.7 Å². The van der Waals surface area contributed by atoms with Crippen molar-refractivity contribution in [2.24, 2.45) is 0 Å². The summed E-state index contributed by atoms with van der Waals surface area (Å²) in [6, 6.07) is 7.79. The Morgan fingerprint density at radius 3 is 2.68 bits per heavy atom. The first kappa shape index (κ1) is 11.2. The van der Waals surface area contributed by atoms with E-state index in [4.69, 9.17) is 0 Å². The smallest absolute Gasteiger partial charge is 0.269 e. The molecule has 19 heavy (non-hydrogen) atoms. The molecule has 0 unspecified atom stereocenters. The summed E-state index contributed by atoms with van der Waals surface area (Å²) in [6.45, 7) is 0. The maximum atomic E-state index is 10.6. The second-order valence-corrected chi connectivity index (χ2v) is 4.05. The van der Waals surface area contributed by atoms with Gasteiger partial charge in [-0.15, -0.1) is 0 Å². The van der Waals surface area contributed by atoms with Crippen LogP contribution in [0.3, 0.4) is 0 Å². The van der Waals surface area contributed by atoms with Crippen molar-refractivity contribution in [2.75, 3.05) is 0 Å². The Hall–Kier alpha value is -2.89. The lowest BCUT2D eigenvalue weighted by Crippen LogP contribution is -1.90. The first-order valence-corrected chi connectivity index (χ1v) is 5.55. The van der Waals surface area contributed by atoms with Crippen LogP contribution in [0.25, 0.3) is 16.8 Å². The lowest BCUT2D eigenvalue weighted by atomic mass is 10.1. The zero-order chi connectivity index (χ0) is 13.4. The molecule has 3 aromatic rings. The van der Waals surface area contributed by atoms with Crippen molar-refractivity contribution >= 4 is 11.2 Å². The molecule has 0 spiro atoms. The fraction of sp³-hybridized carbons (Fsp3) is 0. The molecule has 0 radical (unpaired) electrons. The zero-order valence-electron chi connectivity index (χ0n) is 9.72. The highest BCUT2D eigenvalue weighted by molar-refractivity contribution is 5.73. The van der Waals surface area contributed by atoms with Gasteiger partial charge in [-0.05, 0) is 17.7 Å². The molecule has 0 aliphatic rings. The summed E-state index contributed by atoms with van der Waals surface area (Å²) in [7, 11) is 0. The first-order chi connectivity index (χ1) is 9.16. The van der Waals surface area contributed by atoms with Crippen LogP contribution in [0.5, 0.6) is 5.75 Å². The van der Waals surface area contributed by atoms with Crippen LogP contribution in [0.4, 0.5) is 5.69 Å². The number of nitro groups is 1. The zero-order valence-corrected chi connectivity index (χ0v) is 9.72. The molecule has 0 fully saturated rings. The van der Waals surface area contributed by atoms with Gasteiger partial charge in [-0.25, -0.2) is 0 Å². The van der Waals surface area contributed by atoms with Gasteiger partial charge in [-0.1, -0.05) is 0 Å². The average molecular weight is 255 g/mol. The minimum atomic E-state index is -0.443. The molecule has 3 rings (SSSR count). The minimum Gasteiger partial charge on any atom is -0.506 e. The van der Waals surface area contributed by atoms with Crippen LogP contribution >= 0.6 is 0 Å². The summed E-state index contributed by atoms with van der Waals surface area (Å²) in [5.41, 5.74) is 2.17. The normalized spacial score (nSPS) is 10.7. The summed E-state index contributed by atoms with van der Waals surface area (Å²) >= 11 is 0. The molecule has 1 aromatic carbocycles. The van der Waals surface area contributed by atoms with Gasteiger partial charge in [-0.2, -0.15) is 0 Å². The summed E-state index contributed by atoms with van der Waals surface area (Å²) in [5.74, 6) is 0.126. The molecule has 0 amide bonds. The summed E-state index contributed by atoms with van der Waals surface area (Å²) in [6.07, 6.45) is 4.90. The Morgan fingerprint density at radius 1 is 1.26 bits per heavy atom. The molecule has 1 N–H and O–H groups in total. The van der Waals surface area contributed by atoms with Gasteiger partial charge in [0.05, 0.1) is 16.8 Å². The average Bonchev–Trinajstić information content (AvgIpc) is 2.77. The van der Waals surface area contributed by atoms with E-state index in [0.29, 0.717) is 5.52 Å². The van der Waals surface area contributed by atoms with Gasteiger partial charge in [-0.3, -0.25) is 15.1 Å². The Morgan fingerprint density at radius 2 is 2.00 bits per heavy atom. The fourth-order valence-corrected chi connectivity index (χ4v) is 2.01. The van der Waals surface area contributed by atoms with E-state index < -0.39 is 4.92 Å². The highest BCUT2D eigenvalue weighted by atomic mass is 16.6. The van der Waals surface area contributed by atoms with Crippen LogP contribution in [-0.2, 0) is 0 Å². The SMILES string of the molecule is O=[N+]([O-])c1ccc(-c2cc(O)c3cnccn23)cc1. The molecule has 0 atom stereocenters. The highest BCUT2D eigenvalue weighted by Gasteiger charge is 2.11. The molecule has 0 saturated heterocycles. The van der Waals surface area contributed by atoms with Crippen molar-refractivity contribution in [1.29, 1.82) is 0 Å². The number of benzene rings is 1. The van der Waals surface area contributed by atoms with Gasteiger partial charge >= 0.3 is 0 Å². The van der Waals surface area contributed by atoms with Crippen LogP contribution in [-0.4, -0.2) is 19.4 Å². The van der Waals surface area contributed by atoms with E-state index in [2.05, 4.69) is 4.98 Å². The van der Waals surface area contributed by atoms with Gasteiger partial charge in [0.2, 0.25) is 0 Å². The molecular formula is C13H9N3O3. The third-order valence-electron chi connectivity index (χ3n) is 2.93. The Balaban J connectivity index is 2.16. The first-order valence-electron chi connectivity index (χ1n) is 5.55. The number of aromatic nitrogens is 2. The lowest BCUT2D eigenvalue weighted by Gasteiger charge is -2.01. The highest BCUT2D eigenvalue weighted by Crippen LogP contribution is 2.30. The quantitative estimate of drug-likeness (QED) is 0.563. The molecule has 6 nitrogen and oxygen atoms in total. The van der Waals surface area contributed by atoms with Crippen molar-refractivity contribution < 1.29 is 10.0 Å². The van der Waals surface area contributed by atoms with E-state index in [0.717, 1.165) is 11.3 Å². The lowest BCUT2D eigenvalue weighted by molar-refractivity contribution is -0.384. The van der Waals surface area contributed by atoms with Crippen molar-refractivity contribution in [3.63, 3.8) is 0 Å². The predicted octanol–water partition coefficient (Wildman–Crippen LogP) is 2.62. The van der Waals surface area contributed by atoms with E-state index >= 15 is 0 Å². The Kier molecular flexibility index (Phi) is 2.42. The number of rotatable bonds is 2. The number of nitro benzene ring substituents is 1. The predicted molar refractivity (Wildman–Crippen MR) is 68.9 cm³/mol. The molecule has 0 saturated carbocycles. The van der Waals surface area contributed by atoms with Gasteiger partial charge in [0.1, 0.15) is 11.3 Å². The molecule has 6 heteroatoms. The monoisotopic (exact) mass is 255 g/mol. The summed E-state index contributed by atoms with van der Waals surface area (Å²) in [4.78, 5) is 14.1. The van der Waals surface area contributed by atoms with Gasteiger partial charge in [0.25, 0.3) is 5.69 Å². The third kappa shape index (κ3) is 1.79. The van der Waals surface area contributed by atoms with Crippen molar-refractivity contribution in [3.05, 3.63) is 59.0 Å². The Bertz CT molecular complexity index is 762. The molecule has 94 valence electrons. The van der Waals surface area contributed by atoms with E-state index in [9.17, 15) is 15.2 Å². The van der Waals surface area contributed by atoms with E-state index in [-0.39, 0.29) is 11.4 Å². The van der Waals surface area contributed by atoms with Gasteiger partial charge in [0, 0.05) is 30.6 Å². The molecular weight excluding hydrogens is 246 g/mol. The number of aromatic hydroxyl groups is 1. The molecule has 0 bridgehead atoms. The number of fused-ring (bicyclic) bond motifs is 1. The molecule has 0 aliphatic heterocycles. The van der Waals surface area contributed by atoms with E-state index in [1.807, 2.05) is 0 Å². The second kappa shape index (κ2) is 4.09. The second-order valence-electron chi connectivity index (χ2n) is 4.05. The van der Waals surface area contributed by atoms with Crippen LogP contribution in [0.2, 0.25) is 0 Å². The largest absolute Gasteiger partial charge is 0.506 e. The van der Waals surface area contributed by atoms with Crippen LogP contribution in [0, 0.1) is 10.1 Å². The van der Waals surface area contributed by atoms with Crippen molar-refractivity contribution in [3.8, 4) is 17.0 Å². The Labute approximate surface area is 107 Å². The third-order valence-corrected chi connectivity index (χ3v) is 2.93. The number of hydrogen-bond donors (Lipinski definition) is 1. The van der Waals surface area contributed by atoms with Crippen LogP contribution < -0.4 is 0 Å². The van der Waals surface area contributed by atoms with Crippen LogP contribution in [0.1, 0.15) is 0 Å². The fourth-order valence-electron chi connectivity index (χ4n) is 2.01. The summed E-state index contributed by atoms with van der Waals surface area (Å²) < 4.78 is 1.78. The molecule has 2 aromatic heterocycles. The number of nitrogens with zero attached hydrogens (tertiary/aromatic N) is 3. The maximum absolute atomic E-state index is 10.6. The van der Waals surface area contributed by atoms with E-state index in [1.54, 1.807) is 41.2 Å². The maximum Gasteiger partial charge on any atom is 0.269 e. The number of non-ortho nitro benzene ring substituents is 1. The van der Waals surface area contributed by atoms with Crippen LogP contribution in [0.15, 0.2) is 48.9 Å². The standard InChI is InChI=1S/C13H9N3O3/c17-13-7-11(15-6-5-14-8-12(13)15)9-1-3-10(4-2-9)16(18)19/h1-8,17H. The van der Waals surface area contributed by atoms with Gasteiger partial charge in [0.15, 0.2) is 0 Å². The van der Waals surface area contributed by atoms with E-state index in [1.165, 1.54) is 12.1 Å². The van der Waals surface area contributed by atoms with Gasteiger partial charge < -0.3 is 9.51 Å². The minimum absolute atomic E-state index is 0.0375.